The molecule has 0 unspecified atom stereocenters. The van der Waals surface area contributed by atoms with Gasteiger partial charge in [-0.1, -0.05) is 25.5 Å². The number of carbonyl (C=O) groups is 1. The molecule has 152 valence electrons. The molecule has 4 rings (SSSR count). The first kappa shape index (κ1) is 19.8. The van der Waals surface area contributed by atoms with Crippen LogP contribution in [0.4, 0.5) is 5.13 Å². The van der Waals surface area contributed by atoms with Gasteiger partial charge < -0.3 is 4.42 Å². The van der Waals surface area contributed by atoms with Crippen LogP contribution in [-0.2, 0) is 29.4 Å². The molecule has 0 fully saturated rings. The molecule has 7 nitrogen and oxygen atoms in total. The van der Waals surface area contributed by atoms with Gasteiger partial charge >= 0.3 is 0 Å². The Morgan fingerprint density at radius 3 is 2.76 bits per heavy atom. The maximum atomic E-state index is 13.0. The summed E-state index contributed by atoms with van der Waals surface area (Å²) in [5.74, 6) is -0.304. The number of furan rings is 1. The maximum Gasteiger partial charge on any atom is 0.260 e. The molecule has 0 saturated heterocycles. The van der Waals surface area contributed by atoms with Crippen molar-refractivity contribution in [2.75, 3.05) is 11.9 Å². The molecule has 1 aliphatic rings. The standard InChI is InChI=1S/C20H21N3O4S2/c1-2-3-14-4-6-16(7-5-14)29(25,26)23-10-8-17-18(12-23)28-20(21-17)22-19(24)15-9-11-27-13-15/h4-7,9,11,13H,2-3,8,10,12H2,1H3,(H,21,22,24). The highest BCUT2D eigenvalue weighted by Gasteiger charge is 2.30. The lowest BCUT2D eigenvalue weighted by Gasteiger charge is -2.25. The van der Waals surface area contributed by atoms with Gasteiger partial charge in [0.1, 0.15) is 6.26 Å². The third-order valence-corrected chi connectivity index (χ3v) is 7.66. The van der Waals surface area contributed by atoms with E-state index >= 15 is 0 Å². The van der Waals surface area contributed by atoms with E-state index in [1.807, 2.05) is 12.1 Å². The number of hydrogen-bond acceptors (Lipinski definition) is 6. The van der Waals surface area contributed by atoms with Gasteiger partial charge in [0.15, 0.2) is 5.13 Å². The summed E-state index contributed by atoms with van der Waals surface area (Å²) in [4.78, 5) is 17.8. The van der Waals surface area contributed by atoms with E-state index in [1.165, 1.54) is 28.2 Å². The minimum atomic E-state index is -3.57. The lowest BCUT2D eigenvalue weighted by Crippen LogP contribution is -2.35. The largest absolute Gasteiger partial charge is 0.472 e. The summed E-state index contributed by atoms with van der Waals surface area (Å²) in [6.07, 6.45) is 5.26. The normalized spacial score (nSPS) is 14.5. The zero-order chi connectivity index (χ0) is 20.4. The number of benzene rings is 1. The molecule has 0 aliphatic carbocycles. The first-order valence-electron chi connectivity index (χ1n) is 9.38. The first-order chi connectivity index (χ1) is 14.0. The third-order valence-electron chi connectivity index (χ3n) is 4.80. The molecule has 2 aromatic heterocycles. The zero-order valence-electron chi connectivity index (χ0n) is 15.9. The Hall–Kier alpha value is -2.49. The number of rotatable bonds is 6. The number of hydrogen-bond donors (Lipinski definition) is 1. The van der Waals surface area contributed by atoms with Crippen molar-refractivity contribution in [2.24, 2.45) is 0 Å². The molecule has 9 heteroatoms. The van der Waals surface area contributed by atoms with Gasteiger partial charge in [-0.25, -0.2) is 13.4 Å². The average molecular weight is 432 g/mol. The summed E-state index contributed by atoms with van der Waals surface area (Å²) in [5.41, 5.74) is 2.38. The van der Waals surface area contributed by atoms with Crippen LogP contribution in [0.2, 0.25) is 0 Å². The number of fused-ring (bicyclic) bond motifs is 1. The van der Waals surface area contributed by atoms with Crippen LogP contribution in [0.1, 0.15) is 39.8 Å². The van der Waals surface area contributed by atoms with Crippen LogP contribution in [0, 0.1) is 0 Å². The second kappa shape index (κ2) is 8.10. The highest BCUT2D eigenvalue weighted by atomic mass is 32.2. The molecule has 0 atom stereocenters. The number of thiazole rings is 1. The molecule has 29 heavy (non-hydrogen) atoms. The number of amides is 1. The Bertz CT molecular complexity index is 1100. The summed E-state index contributed by atoms with van der Waals surface area (Å²) in [5, 5.41) is 3.21. The zero-order valence-corrected chi connectivity index (χ0v) is 17.6. The van der Waals surface area contributed by atoms with Crippen LogP contribution in [-0.4, -0.2) is 30.2 Å². The quantitative estimate of drug-likeness (QED) is 0.643. The topological polar surface area (TPSA) is 92.5 Å². The van der Waals surface area contributed by atoms with Crippen molar-refractivity contribution >= 4 is 32.4 Å². The van der Waals surface area contributed by atoms with Gasteiger partial charge in [0.25, 0.3) is 5.91 Å². The van der Waals surface area contributed by atoms with E-state index in [0.29, 0.717) is 28.6 Å². The van der Waals surface area contributed by atoms with Crippen molar-refractivity contribution in [1.29, 1.82) is 0 Å². The molecule has 1 aromatic carbocycles. The van der Waals surface area contributed by atoms with E-state index in [9.17, 15) is 13.2 Å². The van der Waals surface area contributed by atoms with Crippen molar-refractivity contribution < 1.29 is 17.6 Å². The fraction of sp³-hybridized carbons (Fsp3) is 0.300. The molecular weight excluding hydrogens is 410 g/mol. The van der Waals surface area contributed by atoms with Crippen LogP contribution in [0.25, 0.3) is 0 Å². The minimum absolute atomic E-state index is 0.258. The predicted molar refractivity (Wildman–Crippen MR) is 111 cm³/mol. The Balaban J connectivity index is 1.49. The number of aryl methyl sites for hydroxylation is 1. The number of aromatic nitrogens is 1. The number of anilines is 1. The highest BCUT2D eigenvalue weighted by molar-refractivity contribution is 7.89. The fourth-order valence-corrected chi connectivity index (χ4v) is 5.77. The maximum absolute atomic E-state index is 13.0. The Kier molecular flexibility index (Phi) is 5.53. The number of nitrogens with one attached hydrogen (secondary N) is 1. The number of nitrogens with zero attached hydrogens (tertiary/aromatic N) is 2. The van der Waals surface area contributed by atoms with Crippen LogP contribution in [0.5, 0.6) is 0 Å². The lowest BCUT2D eigenvalue weighted by atomic mass is 10.1. The molecule has 0 spiro atoms. The van der Waals surface area contributed by atoms with E-state index in [0.717, 1.165) is 29.0 Å². The Labute approximate surface area is 173 Å². The van der Waals surface area contributed by atoms with E-state index in [-0.39, 0.29) is 12.5 Å². The Morgan fingerprint density at radius 1 is 1.28 bits per heavy atom. The molecule has 1 amide bonds. The lowest BCUT2D eigenvalue weighted by molar-refractivity contribution is 0.102. The Morgan fingerprint density at radius 2 is 2.07 bits per heavy atom. The number of carbonyl (C=O) groups excluding carboxylic acids is 1. The van der Waals surface area contributed by atoms with E-state index in [1.54, 1.807) is 18.2 Å². The monoisotopic (exact) mass is 431 g/mol. The van der Waals surface area contributed by atoms with Gasteiger partial charge in [-0.05, 0) is 30.2 Å². The van der Waals surface area contributed by atoms with Crippen molar-refractivity contribution in [1.82, 2.24) is 9.29 Å². The van der Waals surface area contributed by atoms with Crippen molar-refractivity contribution in [3.63, 3.8) is 0 Å². The van der Waals surface area contributed by atoms with Crippen LogP contribution < -0.4 is 5.32 Å². The second-order valence-corrected chi connectivity index (χ2v) is 9.86. The first-order valence-corrected chi connectivity index (χ1v) is 11.6. The molecule has 0 saturated carbocycles. The molecule has 3 aromatic rings. The van der Waals surface area contributed by atoms with Crippen molar-refractivity contribution in [3.8, 4) is 0 Å². The van der Waals surface area contributed by atoms with Gasteiger partial charge in [-0.15, -0.1) is 11.3 Å². The SMILES string of the molecule is CCCc1ccc(S(=O)(=O)N2CCc3nc(NC(=O)c4ccoc4)sc3C2)cc1. The van der Waals surface area contributed by atoms with E-state index in [2.05, 4.69) is 17.2 Å². The average Bonchev–Trinajstić information content (AvgIpc) is 3.37. The number of sulfonamides is 1. The third kappa shape index (κ3) is 4.12. The van der Waals surface area contributed by atoms with Crippen LogP contribution >= 0.6 is 11.3 Å². The van der Waals surface area contributed by atoms with Gasteiger partial charge in [-0.2, -0.15) is 4.31 Å². The van der Waals surface area contributed by atoms with Crippen molar-refractivity contribution in [3.05, 3.63) is 64.6 Å². The minimum Gasteiger partial charge on any atom is -0.472 e. The van der Waals surface area contributed by atoms with Gasteiger partial charge in [-0.3, -0.25) is 10.1 Å². The summed E-state index contributed by atoms with van der Waals surface area (Å²) in [7, 11) is -3.57. The van der Waals surface area contributed by atoms with Gasteiger partial charge in [0.2, 0.25) is 10.0 Å². The summed E-state index contributed by atoms with van der Waals surface area (Å²) in [6.45, 7) is 2.72. The predicted octanol–water partition coefficient (Wildman–Crippen LogP) is 3.69. The summed E-state index contributed by atoms with van der Waals surface area (Å²) >= 11 is 1.31. The fourth-order valence-electron chi connectivity index (χ4n) is 3.26. The summed E-state index contributed by atoms with van der Waals surface area (Å²) < 4.78 is 32.5. The molecule has 1 N–H and O–H groups in total. The second-order valence-electron chi connectivity index (χ2n) is 6.84. The van der Waals surface area contributed by atoms with Gasteiger partial charge in [0.05, 0.1) is 29.0 Å². The molecular formula is C20H21N3O4S2. The smallest absolute Gasteiger partial charge is 0.260 e. The van der Waals surface area contributed by atoms with Crippen LogP contribution in [0.3, 0.4) is 0 Å². The van der Waals surface area contributed by atoms with E-state index in [4.69, 9.17) is 4.42 Å². The highest BCUT2D eigenvalue weighted by Crippen LogP contribution is 2.31. The summed E-state index contributed by atoms with van der Waals surface area (Å²) in [6, 6.07) is 8.69. The molecule has 0 bridgehead atoms. The molecule has 1 aliphatic heterocycles. The van der Waals surface area contributed by atoms with Crippen molar-refractivity contribution in [2.45, 2.75) is 37.6 Å². The van der Waals surface area contributed by atoms with Gasteiger partial charge in [0, 0.05) is 17.8 Å². The van der Waals surface area contributed by atoms with Crippen LogP contribution in [0.15, 0.2) is 52.2 Å². The molecule has 3 heterocycles. The molecule has 0 radical (unpaired) electrons. The van der Waals surface area contributed by atoms with E-state index < -0.39 is 10.0 Å².